The Morgan fingerprint density at radius 2 is 1.73 bits per heavy atom. The minimum atomic E-state index is 0.0545. The molecule has 3 aromatic rings. The summed E-state index contributed by atoms with van der Waals surface area (Å²) >= 11 is 1.61. The van der Waals surface area contributed by atoms with E-state index in [0.717, 1.165) is 41.4 Å². The predicted molar refractivity (Wildman–Crippen MR) is 105 cm³/mol. The second-order valence-electron chi connectivity index (χ2n) is 6.27. The smallest absolute Gasteiger partial charge is 0.248 e. The third kappa shape index (κ3) is 3.86. The predicted octanol–water partition coefficient (Wildman–Crippen LogP) is 3.16. The highest BCUT2D eigenvalue weighted by Gasteiger charge is 2.21. The minimum absolute atomic E-state index is 0.0545. The second kappa shape index (κ2) is 7.85. The first-order valence-electron chi connectivity index (χ1n) is 8.79. The number of piperazine rings is 1. The molecule has 1 saturated heterocycles. The lowest BCUT2D eigenvalue weighted by molar-refractivity contribution is -0.136. The molecule has 1 amide bonds. The lowest BCUT2D eigenvalue weighted by Crippen LogP contribution is -2.49. The Kier molecular flexibility index (Phi) is 5.13. The fourth-order valence-corrected chi connectivity index (χ4v) is 4.06. The van der Waals surface area contributed by atoms with E-state index in [4.69, 9.17) is 4.74 Å². The van der Waals surface area contributed by atoms with Gasteiger partial charge < -0.3 is 14.5 Å². The molecule has 5 nitrogen and oxygen atoms in total. The summed E-state index contributed by atoms with van der Waals surface area (Å²) < 4.78 is 6.77. The highest BCUT2D eigenvalue weighted by Crippen LogP contribution is 2.22. The Morgan fingerprint density at radius 3 is 2.50 bits per heavy atom. The Labute approximate surface area is 156 Å². The third-order valence-electron chi connectivity index (χ3n) is 4.54. The van der Waals surface area contributed by atoms with Crippen molar-refractivity contribution < 1.29 is 9.53 Å². The molecule has 0 radical (unpaired) electrons. The highest BCUT2D eigenvalue weighted by atomic mass is 32.1. The first-order valence-corrected chi connectivity index (χ1v) is 9.61. The van der Waals surface area contributed by atoms with Crippen molar-refractivity contribution in [1.29, 1.82) is 0 Å². The summed E-state index contributed by atoms with van der Waals surface area (Å²) in [6.45, 7) is 3.67. The number of aromatic nitrogens is 1. The second-order valence-corrected chi connectivity index (χ2v) is 7.39. The average molecular weight is 367 g/mol. The van der Waals surface area contributed by atoms with Gasteiger partial charge in [-0.3, -0.25) is 4.79 Å². The molecule has 0 spiro atoms. The van der Waals surface area contributed by atoms with Crippen molar-refractivity contribution >= 4 is 33.1 Å². The van der Waals surface area contributed by atoms with E-state index in [0.29, 0.717) is 6.61 Å². The molecule has 4 rings (SSSR count). The van der Waals surface area contributed by atoms with Crippen LogP contribution in [0.2, 0.25) is 0 Å². The molecule has 0 unspecified atom stereocenters. The molecule has 134 valence electrons. The minimum Gasteiger partial charge on any atom is -0.368 e. The van der Waals surface area contributed by atoms with Crippen molar-refractivity contribution in [1.82, 2.24) is 9.88 Å². The van der Waals surface area contributed by atoms with Gasteiger partial charge in [0.2, 0.25) is 5.91 Å². The number of anilines is 1. The number of nitrogens with zero attached hydrogens (tertiary/aromatic N) is 3. The quantitative estimate of drug-likeness (QED) is 0.695. The van der Waals surface area contributed by atoms with Gasteiger partial charge in [-0.25, -0.2) is 4.98 Å². The number of carbonyl (C=O) groups excluding carboxylic acids is 1. The van der Waals surface area contributed by atoms with Gasteiger partial charge in [0.25, 0.3) is 0 Å². The van der Waals surface area contributed by atoms with Crippen LogP contribution in [0.5, 0.6) is 0 Å². The molecule has 2 heterocycles. The van der Waals surface area contributed by atoms with Crippen molar-refractivity contribution in [3.8, 4) is 0 Å². The van der Waals surface area contributed by atoms with Gasteiger partial charge in [0.1, 0.15) is 11.6 Å². The number of carbonyl (C=O) groups is 1. The van der Waals surface area contributed by atoms with Crippen LogP contribution in [0, 0.1) is 0 Å². The van der Waals surface area contributed by atoms with Crippen LogP contribution < -0.4 is 4.90 Å². The van der Waals surface area contributed by atoms with Crippen molar-refractivity contribution in [3.05, 3.63) is 59.6 Å². The van der Waals surface area contributed by atoms with Crippen LogP contribution in [-0.2, 0) is 16.1 Å². The zero-order valence-corrected chi connectivity index (χ0v) is 15.3. The number of hydrogen-bond donors (Lipinski definition) is 0. The summed E-state index contributed by atoms with van der Waals surface area (Å²) in [5.74, 6) is 0.0545. The summed E-state index contributed by atoms with van der Waals surface area (Å²) in [6, 6.07) is 18.4. The maximum atomic E-state index is 12.4. The zero-order valence-electron chi connectivity index (χ0n) is 14.5. The molecule has 6 heteroatoms. The van der Waals surface area contributed by atoms with E-state index in [2.05, 4.69) is 22.0 Å². The summed E-state index contributed by atoms with van der Waals surface area (Å²) in [7, 11) is 0. The lowest BCUT2D eigenvalue weighted by Gasteiger charge is -2.36. The molecular formula is C20H21N3O2S. The largest absolute Gasteiger partial charge is 0.368 e. The molecule has 26 heavy (non-hydrogen) atoms. The normalized spacial score (nSPS) is 14.8. The fourth-order valence-electron chi connectivity index (χ4n) is 3.15. The molecule has 0 aliphatic carbocycles. The molecule has 0 N–H and O–H groups in total. The topological polar surface area (TPSA) is 45.7 Å². The summed E-state index contributed by atoms with van der Waals surface area (Å²) in [6.07, 6.45) is 0. The number of rotatable bonds is 5. The van der Waals surface area contributed by atoms with Crippen LogP contribution in [0.3, 0.4) is 0 Å². The maximum Gasteiger partial charge on any atom is 0.248 e. The molecule has 0 saturated carbocycles. The van der Waals surface area contributed by atoms with Gasteiger partial charge in [-0.2, -0.15) is 0 Å². The van der Waals surface area contributed by atoms with Crippen LogP contribution in [-0.4, -0.2) is 48.6 Å². The third-order valence-corrected chi connectivity index (χ3v) is 5.55. The van der Waals surface area contributed by atoms with Crippen molar-refractivity contribution in [3.63, 3.8) is 0 Å². The molecule has 2 aromatic carbocycles. The van der Waals surface area contributed by atoms with Crippen molar-refractivity contribution in [2.45, 2.75) is 6.61 Å². The number of amides is 1. The first kappa shape index (κ1) is 17.0. The molecule has 0 atom stereocenters. The SMILES string of the molecule is O=C(COCc1nc2ccccc2s1)N1CCN(c2ccccc2)CC1. The Morgan fingerprint density at radius 1 is 1.00 bits per heavy atom. The van der Waals surface area contributed by atoms with E-state index < -0.39 is 0 Å². The summed E-state index contributed by atoms with van der Waals surface area (Å²) in [5, 5.41) is 0.910. The van der Waals surface area contributed by atoms with Crippen LogP contribution in [0.4, 0.5) is 5.69 Å². The zero-order chi connectivity index (χ0) is 17.8. The average Bonchev–Trinajstić information content (AvgIpc) is 3.11. The lowest BCUT2D eigenvalue weighted by atomic mass is 10.2. The van der Waals surface area contributed by atoms with Crippen LogP contribution in [0.1, 0.15) is 5.01 Å². The number of fused-ring (bicyclic) bond motifs is 1. The van der Waals surface area contributed by atoms with Crippen LogP contribution >= 0.6 is 11.3 Å². The molecule has 1 fully saturated rings. The van der Waals surface area contributed by atoms with E-state index in [1.54, 1.807) is 11.3 Å². The molecule has 1 aliphatic rings. The number of benzene rings is 2. The van der Waals surface area contributed by atoms with Gasteiger partial charge >= 0.3 is 0 Å². The van der Waals surface area contributed by atoms with Crippen LogP contribution in [0.25, 0.3) is 10.2 Å². The molecule has 1 aromatic heterocycles. The van der Waals surface area contributed by atoms with E-state index in [1.807, 2.05) is 47.4 Å². The molecule has 0 bridgehead atoms. The maximum absolute atomic E-state index is 12.4. The Balaban J connectivity index is 1.24. The van der Waals surface area contributed by atoms with E-state index in [9.17, 15) is 4.79 Å². The standard InChI is InChI=1S/C20H21N3O2S/c24-20(15-25-14-19-21-17-8-4-5-9-18(17)26-19)23-12-10-22(11-13-23)16-6-2-1-3-7-16/h1-9H,10-15H2. The van der Waals surface area contributed by atoms with E-state index >= 15 is 0 Å². The summed E-state index contributed by atoms with van der Waals surface area (Å²) in [5.41, 5.74) is 2.20. The fraction of sp³-hybridized carbons (Fsp3) is 0.300. The van der Waals surface area contributed by atoms with Crippen molar-refractivity contribution in [2.75, 3.05) is 37.7 Å². The monoisotopic (exact) mass is 367 g/mol. The number of ether oxygens (including phenoxy) is 1. The van der Waals surface area contributed by atoms with Crippen LogP contribution in [0.15, 0.2) is 54.6 Å². The van der Waals surface area contributed by atoms with Crippen molar-refractivity contribution in [2.24, 2.45) is 0 Å². The van der Waals surface area contributed by atoms with Gasteiger partial charge in [-0.05, 0) is 24.3 Å². The van der Waals surface area contributed by atoms with E-state index in [1.165, 1.54) is 5.69 Å². The molecule has 1 aliphatic heterocycles. The van der Waals surface area contributed by atoms with Gasteiger partial charge in [0, 0.05) is 31.9 Å². The number of para-hydroxylation sites is 2. The Hall–Kier alpha value is -2.44. The van der Waals surface area contributed by atoms with Gasteiger partial charge in [0.15, 0.2) is 0 Å². The molecular weight excluding hydrogens is 346 g/mol. The highest BCUT2D eigenvalue weighted by molar-refractivity contribution is 7.18. The van der Waals surface area contributed by atoms with E-state index in [-0.39, 0.29) is 12.5 Å². The van der Waals surface area contributed by atoms with Gasteiger partial charge in [-0.15, -0.1) is 11.3 Å². The van der Waals surface area contributed by atoms with Gasteiger partial charge in [-0.1, -0.05) is 30.3 Å². The first-order chi connectivity index (χ1) is 12.8. The number of hydrogen-bond acceptors (Lipinski definition) is 5. The van der Waals surface area contributed by atoms with Gasteiger partial charge in [0.05, 0.1) is 16.8 Å². The summed E-state index contributed by atoms with van der Waals surface area (Å²) in [4.78, 5) is 21.1. The number of thiazole rings is 1. The Bertz CT molecular complexity index is 840.